The lowest BCUT2D eigenvalue weighted by Gasteiger charge is -2.40. The highest BCUT2D eigenvalue weighted by Gasteiger charge is 2.36. The van der Waals surface area contributed by atoms with Gasteiger partial charge in [0.15, 0.2) is 0 Å². The molecule has 3 aliphatic rings. The third kappa shape index (κ3) is 4.55. The summed E-state index contributed by atoms with van der Waals surface area (Å²) in [6.07, 6.45) is 7.18. The average Bonchev–Trinajstić information content (AvgIpc) is 3.56. The van der Waals surface area contributed by atoms with Crippen molar-refractivity contribution in [2.45, 2.75) is 57.1 Å². The molecule has 0 aromatic heterocycles. The maximum absolute atomic E-state index is 12.5. The number of anilines is 1. The van der Waals surface area contributed by atoms with Gasteiger partial charge in [-0.2, -0.15) is 0 Å². The Bertz CT molecular complexity index is 695. The number of aliphatic hydroxyl groups is 1. The summed E-state index contributed by atoms with van der Waals surface area (Å²) < 4.78 is 5.46. The minimum absolute atomic E-state index is 0.0332. The van der Waals surface area contributed by atoms with Crippen molar-refractivity contribution >= 4 is 17.5 Å². The van der Waals surface area contributed by atoms with Crippen LogP contribution in [0.25, 0.3) is 0 Å². The predicted octanol–water partition coefficient (Wildman–Crippen LogP) is 2.88. The minimum atomic E-state index is -0.805. The first kappa shape index (κ1) is 19.4. The Balaban J connectivity index is 1.42. The fourth-order valence-electron chi connectivity index (χ4n) is 4.35. The van der Waals surface area contributed by atoms with Gasteiger partial charge in [0.1, 0.15) is 12.7 Å². The summed E-state index contributed by atoms with van der Waals surface area (Å²) >= 11 is 0. The normalized spacial score (nSPS) is 24.8. The zero-order chi connectivity index (χ0) is 19.5. The predicted molar refractivity (Wildman–Crippen MR) is 106 cm³/mol. The number of hydrogen-bond donors (Lipinski definition) is 2. The highest BCUT2D eigenvalue weighted by atomic mass is 16.5. The van der Waals surface area contributed by atoms with E-state index in [1.807, 2.05) is 29.2 Å². The van der Waals surface area contributed by atoms with Gasteiger partial charge in [0.25, 0.3) is 0 Å². The van der Waals surface area contributed by atoms with E-state index in [0.717, 1.165) is 36.9 Å². The maximum Gasteiger partial charge on any atom is 0.249 e. The van der Waals surface area contributed by atoms with Crippen molar-refractivity contribution in [1.82, 2.24) is 4.90 Å². The first-order valence-electron chi connectivity index (χ1n) is 10.6. The summed E-state index contributed by atoms with van der Waals surface area (Å²) in [5, 5.41) is 13.9. The van der Waals surface area contributed by atoms with Gasteiger partial charge in [0, 0.05) is 18.2 Å². The Morgan fingerprint density at radius 1 is 1.14 bits per heavy atom. The van der Waals surface area contributed by atoms with Crippen molar-refractivity contribution in [3.05, 3.63) is 29.8 Å². The molecule has 0 bridgehead atoms. The van der Waals surface area contributed by atoms with Crippen LogP contribution in [0.4, 0.5) is 5.69 Å². The number of aliphatic hydroxyl groups excluding tert-OH is 1. The maximum atomic E-state index is 12.5. The van der Waals surface area contributed by atoms with Crippen molar-refractivity contribution in [1.29, 1.82) is 0 Å². The number of morpholine rings is 1. The van der Waals surface area contributed by atoms with Gasteiger partial charge in [-0.15, -0.1) is 0 Å². The molecule has 2 unspecified atom stereocenters. The number of rotatable bonds is 6. The highest BCUT2D eigenvalue weighted by Crippen LogP contribution is 2.31. The van der Waals surface area contributed by atoms with Crippen molar-refractivity contribution in [3.8, 4) is 0 Å². The third-order valence-corrected chi connectivity index (χ3v) is 6.25. The molecule has 1 saturated heterocycles. The molecular formula is C22H30N2O4. The summed E-state index contributed by atoms with van der Waals surface area (Å²) in [6, 6.07) is 6.91. The molecule has 28 heavy (non-hydrogen) atoms. The lowest BCUT2D eigenvalue weighted by Crippen LogP contribution is -2.53. The molecule has 0 radical (unpaired) electrons. The van der Waals surface area contributed by atoms with Gasteiger partial charge in [-0.3, -0.25) is 9.59 Å². The van der Waals surface area contributed by atoms with Crippen LogP contribution in [0, 0.1) is 11.8 Å². The average molecular weight is 386 g/mol. The SMILES string of the molecule is O=C(Nc1ccc(C(O)C2COCC(=O)N2CC2CCCCC2)cc1)C1CC1. The van der Waals surface area contributed by atoms with E-state index in [9.17, 15) is 14.7 Å². The molecule has 2 aliphatic carbocycles. The number of hydrogen-bond acceptors (Lipinski definition) is 4. The molecule has 152 valence electrons. The molecule has 1 aliphatic heterocycles. The molecule has 2 atom stereocenters. The van der Waals surface area contributed by atoms with Gasteiger partial charge < -0.3 is 20.1 Å². The van der Waals surface area contributed by atoms with E-state index in [0.29, 0.717) is 19.1 Å². The standard InChI is InChI=1S/C22H30N2O4/c25-20-14-28-13-19(24(20)12-15-4-2-1-3-5-15)21(26)16-8-10-18(11-9-16)23-22(27)17-6-7-17/h8-11,15,17,19,21,26H,1-7,12-14H2,(H,23,27). The molecule has 2 saturated carbocycles. The van der Waals surface area contributed by atoms with Crippen LogP contribution in [0.3, 0.4) is 0 Å². The van der Waals surface area contributed by atoms with Crippen LogP contribution in [0.15, 0.2) is 24.3 Å². The molecule has 2 amide bonds. The topological polar surface area (TPSA) is 78.9 Å². The Morgan fingerprint density at radius 2 is 1.86 bits per heavy atom. The number of carbonyl (C=O) groups is 2. The van der Waals surface area contributed by atoms with Crippen LogP contribution >= 0.6 is 0 Å². The van der Waals surface area contributed by atoms with Crippen molar-refractivity contribution in [2.75, 3.05) is 25.1 Å². The second-order valence-corrected chi connectivity index (χ2v) is 8.46. The number of amides is 2. The van der Waals surface area contributed by atoms with E-state index in [-0.39, 0.29) is 30.4 Å². The number of nitrogens with one attached hydrogen (secondary N) is 1. The fraction of sp³-hybridized carbons (Fsp3) is 0.636. The van der Waals surface area contributed by atoms with Gasteiger partial charge in [0.05, 0.1) is 12.6 Å². The van der Waals surface area contributed by atoms with E-state index in [1.54, 1.807) is 0 Å². The van der Waals surface area contributed by atoms with Gasteiger partial charge in [-0.05, 0) is 49.3 Å². The molecule has 3 fully saturated rings. The Labute approximate surface area is 166 Å². The zero-order valence-corrected chi connectivity index (χ0v) is 16.3. The van der Waals surface area contributed by atoms with Crippen LogP contribution in [0.1, 0.15) is 56.6 Å². The lowest BCUT2D eigenvalue weighted by atomic mass is 9.88. The van der Waals surface area contributed by atoms with Crippen molar-refractivity contribution < 1.29 is 19.4 Å². The second-order valence-electron chi connectivity index (χ2n) is 8.46. The number of nitrogens with zero attached hydrogens (tertiary/aromatic N) is 1. The number of ether oxygens (including phenoxy) is 1. The Hall–Kier alpha value is -1.92. The molecular weight excluding hydrogens is 356 g/mol. The zero-order valence-electron chi connectivity index (χ0n) is 16.3. The van der Waals surface area contributed by atoms with Gasteiger partial charge in [-0.25, -0.2) is 0 Å². The molecule has 2 N–H and O–H groups in total. The van der Waals surface area contributed by atoms with E-state index < -0.39 is 6.10 Å². The highest BCUT2D eigenvalue weighted by molar-refractivity contribution is 5.94. The monoisotopic (exact) mass is 386 g/mol. The van der Waals surface area contributed by atoms with Gasteiger partial charge in [0.2, 0.25) is 11.8 Å². The number of carbonyl (C=O) groups excluding carboxylic acids is 2. The van der Waals surface area contributed by atoms with Crippen molar-refractivity contribution in [3.63, 3.8) is 0 Å². The molecule has 6 heteroatoms. The Kier molecular flexibility index (Phi) is 5.97. The molecule has 4 rings (SSSR count). The molecule has 1 aromatic carbocycles. The first-order chi connectivity index (χ1) is 13.6. The number of benzene rings is 1. The van der Waals surface area contributed by atoms with Gasteiger partial charge in [-0.1, -0.05) is 31.4 Å². The molecule has 1 aromatic rings. The second kappa shape index (κ2) is 8.62. The largest absolute Gasteiger partial charge is 0.386 e. The first-order valence-corrected chi connectivity index (χ1v) is 10.6. The molecule has 0 spiro atoms. The Morgan fingerprint density at radius 3 is 2.54 bits per heavy atom. The summed E-state index contributed by atoms with van der Waals surface area (Å²) in [5.41, 5.74) is 1.48. The van der Waals surface area contributed by atoms with Crippen LogP contribution < -0.4 is 5.32 Å². The molecule has 1 heterocycles. The van der Waals surface area contributed by atoms with Gasteiger partial charge >= 0.3 is 0 Å². The fourth-order valence-corrected chi connectivity index (χ4v) is 4.35. The summed E-state index contributed by atoms with van der Waals surface area (Å²) in [7, 11) is 0. The summed E-state index contributed by atoms with van der Waals surface area (Å²) in [6.45, 7) is 1.15. The van der Waals surface area contributed by atoms with E-state index in [1.165, 1.54) is 19.3 Å². The van der Waals surface area contributed by atoms with E-state index >= 15 is 0 Å². The van der Waals surface area contributed by atoms with Crippen LogP contribution in [0.2, 0.25) is 0 Å². The smallest absolute Gasteiger partial charge is 0.249 e. The van der Waals surface area contributed by atoms with Crippen molar-refractivity contribution in [2.24, 2.45) is 11.8 Å². The molecule has 6 nitrogen and oxygen atoms in total. The van der Waals surface area contributed by atoms with Crippen LogP contribution in [-0.4, -0.2) is 47.6 Å². The van der Waals surface area contributed by atoms with Crippen LogP contribution in [0.5, 0.6) is 0 Å². The minimum Gasteiger partial charge on any atom is -0.386 e. The quantitative estimate of drug-likeness (QED) is 0.788. The summed E-state index contributed by atoms with van der Waals surface area (Å²) in [5.74, 6) is 0.710. The van der Waals surface area contributed by atoms with Crippen LogP contribution in [-0.2, 0) is 14.3 Å². The lowest BCUT2D eigenvalue weighted by molar-refractivity contribution is -0.155. The summed E-state index contributed by atoms with van der Waals surface area (Å²) in [4.78, 5) is 26.2. The van der Waals surface area contributed by atoms with E-state index in [4.69, 9.17) is 4.74 Å². The third-order valence-electron chi connectivity index (χ3n) is 6.25. The van der Waals surface area contributed by atoms with E-state index in [2.05, 4.69) is 5.32 Å².